The van der Waals surface area contributed by atoms with Crippen LogP contribution in [0, 0.1) is 5.82 Å². The van der Waals surface area contributed by atoms with Gasteiger partial charge >= 0.3 is 6.03 Å². The van der Waals surface area contributed by atoms with E-state index >= 15 is 0 Å². The number of carbonyl (C=O) groups excluding carboxylic acids is 2. The minimum atomic E-state index is -0.394. The van der Waals surface area contributed by atoms with E-state index in [-0.39, 0.29) is 24.2 Å². The first-order chi connectivity index (χ1) is 16.0. The molecule has 168 valence electrons. The number of H-pyrrole nitrogens is 1. The summed E-state index contributed by atoms with van der Waals surface area (Å²) < 4.78 is 13.5. The van der Waals surface area contributed by atoms with Crippen molar-refractivity contribution in [2.75, 3.05) is 17.2 Å². The summed E-state index contributed by atoms with van der Waals surface area (Å²) in [5, 5.41) is 7.61. The van der Waals surface area contributed by atoms with Crippen molar-refractivity contribution in [1.29, 1.82) is 0 Å². The molecule has 10 heteroatoms. The molecule has 0 saturated carbocycles. The molecule has 3 amide bonds. The molecule has 0 spiro atoms. The molecular weight excluding hydrogens is 443 g/mol. The first kappa shape index (κ1) is 21.1. The van der Waals surface area contributed by atoms with Crippen LogP contribution in [0.3, 0.4) is 0 Å². The number of thiazole rings is 1. The zero-order valence-electron chi connectivity index (χ0n) is 17.5. The Hall–Kier alpha value is -3.79. The Morgan fingerprint density at radius 3 is 2.85 bits per heavy atom. The highest BCUT2D eigenvalue weighted by molar-refractivity contribution is 7.14. The molecule has 8 nitrogen and oxygen atoms in total. The van der Waals surface area contributed by atoms with Crippen molar-refractivity contribution < 1.29 is 14.0 Å². The normalized spacial score (nSPS) is 15.7. The standard InChI is InChI=1S/C23H21FN6O2S/c24-14-8-9-17-18(11-14)28-21(27-17)19-7-4-10-30(19)20(31)12-16-13-33-23(26-16)29-22(32)25-15-5-2-1-3-6-15/h1-3,5-6,8-9,11,13,19H,4,7,10,12H2,(H,27,28)(H2,25,26,29,32). The highest BCUT2D eigenvalue weighted by atomic mass is 32.1. The number of anilines is 2. The maximum Gasteiger partial charge on any atom is 0.325 e. The van der Waals surface area contributed by atoms with Crippen molar-refractivity contribution in [1.82, 2.24) is 19.9 Å². The summed E-state index contributed by atoms with van der Waals surface area (Å²) in [4.78, 5) is 39.1. The Morgan fingerprint density at radius 2 is 2.00 bits per heavy atom. The molecule has 2 aromatic heterocycles. The largest absolute Gasteiger partial charge is 0.340 e. The van der Waals surface area contributed by atoms with Gasteiger partial charge in [-0.2, -0.15) is 0 Å². The Kier molecular flexibility index (Phi) is 5.74. The highest BCUT2D eigenvalue weighted by Gasteiger charge is 2.32. The third kappa shape index (κ3) is 4.70. The van der Waals surface area contributed by atoms with Crippen LogP contribution >= 0.6 is 11.3 Å². The molecule has 4 aromatic rings. The number of fused-ring (bicyclic) bond motifs is 1. The number of nitrogens with one attached hydrogen (secondary N) is 3. The molecule has 0 aliphatic carbocycles. The smallest absolute Gasteiger partial charge is 0.325 e. The number of amides is 3. The van der Waals surface area contributed by atoms with Gasteiger partial charge in [0.05, 0.1) is 29.2 Å². The number of aromatic amines is 1. The molecule has 0 bridgehead atoms. The third-order valence-corrected chi connectivity index (χ3v) is 6.29. The van der Waals surface area contributed by atoms with Crippen LogP contribution in [0.2, 0.25) is 0 Å². The van der Waals surface area contributed by atoms with Gasteiger partial charge in [0, 0.05) is 17.6 Å². The van der Waals surface area contributed by atoms with E-state index in [1.807, 2.05) is 18.2 Å². The van der Waals surface area contributed by atoms with E-state index in [1.54, 1.807) is 28.5 Å². The lowest BCUT2D eigenvalue weighted by Gasteiger charge is -2.22. The molecule has 1 fully saturated rings. The molecule has 33 heavy (non-hydrogen) atoms. The van der Waals surface area contributed by atoms with E-state index in [2.05, 4.69) is 25.6 Å². The van der Waals surface area contributed by atoms with Crippen molar-refractivity contribution in [2.24, 2.45) is 0 Å². The first-order valence-electron chi connectivity index (χ1n) is 10.6. The first-order valence-corrected chi connectivity index (χ1v) is 11.5. The maximum absolute atomic E-state index is 13.5. The number of carbonyl (C=O) groups is 2. The molecule has 2 aromatic carbocycles. The fraction of sp³-hybridized carbons (Fsp3) is 0.217. The summed E-state index contributed by atoms with van der Waals surface area (Å²) in [5.74, 6) is 0.275. The fourth-order valence-corrected chi connectivity index (χ4v) is 4.70. The van der Waals surface area contributed by atoms with Crippen molar-refractivity contribution in [3.8, 4) is 0 Å². The van der Waals surface area contributed by atoms with Crippen molar-refractivity contribution in [3.63, 3.8) is 0 Å². The maximum atomic E-state index is 13.5. The molecular formula is C23H21FN6O2S. The third-order valence-electron chi connectivity index (χ3n) is 5.49. The fourth-order valence-electron chi connectivity index (χ4n) is 3.99. The zero-order valence-corrected chi connectivity index (χ0v) is 18.4. The minimum absolute atomic E-state index is 0.0604. The number of likely N-dealkylation sites (tertiary alicyclic amines) is 1. The van der Waals surface area contributed by atoms with E-state index < -0.39 is 6.03 Å². The number of para-hydroxylation sites is 1. The van der Waals surface area contributed by atoms with Crippen LogP contribution < -0.4 is 10.6 Å². The van der Waals surface area contributed by atoms with Crippen molar-refractivity contribution >= 4 is 45.1 Å². The predicted molar refractivity (Wildman–Crippen MR) is 125 cm³/mol. The van der Waals surface area contributed by atoms with Crippen LogP contribution in [-0.4, -0.2) is 38.3 Å². The Labute approximate surface area is 192 Å². The van der Waals surface area contributed by atoms with Gasteiger partial charge in [-0.1, -0.05) is 18.2 Å². The number of aromatic nitrogens is 3. The minimum Gasteiger partial charge on any atom is -0.340 e. The molecule has 1 saturated heterocycles. The van der Waals surface area contributed by atoms with Gasteiger partial charge in [-0.05, 0) is 43.2 Å². The lowest BCUT2D eigenvalue weighted by atomic mass is 10.2. The van der Waals surface area contributed by atoms with Gasteiger partial charge in [-0.25, -0.2) is 19.2 Å². The molecule has 1 aliphatic heterocycles. The predicted octanol–water partition coefficient (Wildman–Crippen LogP) is 4.71. The van der Waals surface area contributed by atoms with Crippen LogP contribution in [0.15, 0.2) is 53.9 Å². The summed E-state index contributed by atoms with van der Waals surface area (Å²) in [6.45, 7) is 0.629. The van der Waals surface area contributed by atoms with Gasteiger partial charge in [0.25, 0.3) is 0 Å². The van der Waals surface area contributed by atoms with Crippen LogP contribution in [0.5, 0.6) is 0 Å². The van der Waals surface area contributed by atoms with Crippen LogP contribution in [0.25, 0.3) is 11.0 Å². The van der Waals surface area contributed by atoms with Gasteiger partial charge in [0.1, 0.15) is 11.6 Å². The summed E-state index contributed by atoms with van der Waals surface area (Å²) in [6.07, 6.45) is 1.78. The average Bonchev–Trinajstić information content (AvgIpc) is 3.53. The zero-order chi connectivity index (χ0) is 22.8. The number of halogens is 1. The lowest BCUT2D eigenvalue weighted by Crippen LogP contribution is -2.32. The number of rotatable bonds is 5. The summed E-state index contributed by atoms with van der Waals surface area (Å²) in [5.41, 5.74) is 2.57. The summed E-state index contributed by atoms with van der Waals surface area (Å²) in [6, 6.07) is 12.9. The van der Waals surface area contributed by atoms with Gasteiger partial charge < -0.3 is 15.2 Å². The SMILES string of the molecule is O=C(Nc1ccccc1)Nc1nc(CC(=O)N2CCCC2c2nc3ccc(F)cc3[nH]2)cs1. The molecule has 1 unspecified atom stereocenters. The molecule has 1 atom stereocenters. The van der Waals surface area contributed by atoms with Gasteiger partial charge in [0.15, 0.2) is 5.13 Å². The van der Waals surface area contributed by atoms with Crippen LogP contribution in [-0.2, 0) is 11.2 Å². The Bertz CT molecular complexity index is 1300. The summed E-state index contributed by atoms with van der Waals surface area (Å²) >= 11 is 1.27. The molecule has 0 radical (unpaired) electrons. The highest BCUT2D eigenvalue weighted by Crippen LogP contribution is 2.32. The monoisotopic (exact) mass is 464 g/mol. The van der Waals surface area contributed by atoms with E-state index in [0.717, 1.165) is 12.8 Å². The number of benzene rings is 2. The lowest BCUT2D eigenvalue weighted by molar-refractivity contribution is -0.131. The summed E-state index contributed by atoms with van der Waals surface area (Å²) in [7, 11) is 0. The van der Waals surface area contributed by atoms with Gasteiger partial charge in [-0.3, -0.25) is 10.1 Å². The Balaban J connectivity index is 1.22. The number of imidazole rings is 1. The number of hydrogen-bond acceptors (Lipinski definition) is 5. The molecule has 3 heterocycles. The van der Waals surface area contributed by atoms with Crippen LogP contribution in [0.4, 0.5) is 20.0 Å². The number of nitrogens with zero attached hydrogens (tertiary/aromatic N) is 3. The van der Waals surface area contributed by atoms with Gasteiger partial charge in [-0.15, -0.1) is 11.3 Å². The quantitative estimate of drug-likeness (QED) is 0.398. The van der Waals surface area contributed by atoms with Crippen LogP contribution in [0.1, 0.15) is 30.4 Å². The van der Waals surface area contributed by atoms with E-state index in [9.17, 15) is 14.0 Å². The van der Waals surface area contributed by atoms with Crippen molar-refractivity contribution in [3.05, 3.63) is 71.2 Å². The average molecular weight is 465 g/mol. The second-order valence-electron chi connectivity index (χ2n) is 7.79. The molecule has 5 rings (SSSR count). The topological polar surface area (TPSA) is 103 Å². The Morgan fingerprint density at radius 1 is 1.15 bits per heavy atom. The second-order valence-corrected chi connectivity index (χ2v) is 8.65. The van der Waals surface area contributed by atoms with Gasteiger partial charge in [0.2, 0.25) is 5.91 Å². The van der Waals surface area contributed by atoms with E-state index in [1.165, 1.54) is 23.5 Å². The van der Waals surface area contributed by atoms with Crippen molar-refractivity contribution in [2.45, 2.75) is 25.3 Å². The van der Waals surface area contributed by atoms with E-state index in [0.29, 0.717) is 39.9 Å². The number of urea groups is 1. The molecule has 1 aliphatic rings. The number of hydrogen-bond donors (Lipinski definition) is 3. The second kappa shape index (κ2) is 8.99. The van der Waals surface area contributed by atoms with E-state index in [4.69, 9.17) is 0 Å². The molecule has 3 N–H and O–H groups in total.